The van der Waals surface area contributed by atoms with E-state index >= 15 is 0 Å². The predicted octanol–water partition coefficient (Wildman–Crippen LogP) is 0.898. The lowest BCUT2D eigenvalue weighted by molar-refractivity contribution is -0.118. The number of carbonyl (C=O) groups excluding carboxylic acids is 2. The molecule has 2 aliphatic rings. The predicted molar refractivity (Wildman–Crippen MR) is 111 cm³/mol. The van der Waals surface area contributed by atoms with Gasteiger partial charge in [0.15, 0.2) is 12.4 Å². The number of fused-ring (bicyclic) bond motifs is 1. The van der Waals surface area contributed by atoms with Gasteiger partial charge in [-0.05, 0) is 25.1 Å². The lowest BCUT2D eigenvalue weighted by Crippen LogP contribution is -2.38. The molecule has 1 fully saturated rings. The standard InChI is InChI=1S/C20H21N5O5/c1-12-13(19(28)24-20(21-12)25-7-9-29-10-8-25)5-6-16(26)22-14-3-2-4-15-18(14)30-11-17(27)23-15/h2-6H,7-11H2,1H3,(H,22,26)(H,23,27)(H,21,24,28)/b6-5+. The summed E-state index contributed by atoms with van der Waals surface area (Å²) >= 11 is 0. The van der Waals surface area contributed by atoms with E-state index in [1.165, 1.54) is 12.2 Å². The number of aromatic nitrogens is 2. The van der Waals surface area contributed by atoms with Crippen LogP contribution >= 0.6 is 0 Å². The van der Waals surface area contributed by atoms with Crippen molar-refractivity contribution in [1.82, 2.24) is 9.97 Å². The molecule has 4 rings (SSSR count). The lowest BCUT2D eigenvalue weighted by Gasteiger charge is -2.27. The van der Waals surface area contributed by atoms with Crippen LogP contribution < -0.4 is 25.8 Å². The second-order valence-electron chi connectivity index (χ2n) is 6.83. The van der Waals surface area contributed by atoms with E-state index in [9.17, 15) is 14.4 Å². The van der Waals surface area contributed by atoms with Gasteiger partial charge in [0.1, 0.15) is 0 Å². The van der Waals surface area contributed by atoms with Crippen molar-refractivity contribution in [2.45, 2.75) is 6.92 Å². The molecule has 10 nitrogen and oxygen atoms in total. The fourth-order valence-electron chi connectivity index (χ4n) is 3.25. The van der Waals surface area contributed by atoms with Gasteiger partial charge in [0, 0.05) is 19.2 Å². The van der Waals surface area contributed by atoms with Crippen molar-refractivity contribution in [2.24, 2.45) is 0 Å². The quantitative estimate of drug-likeness (QED) is 0.638. The third kappa shape index (κ3) is 4.18. The summed E-state index contributed by atoms with van der Waals surface area (Å²) in [6.07, 6.45) is 2.69. The second kappa shape index (κ2) is 8.37. The number of morpholine rings is 1. The van der Waals surface area contributed by atoms with Crippen molar-refractivity contribution in [3.05, 3.63) is 45.9 Å². The Morgan fingerprint density at radius 3 is 2.83 bits per heavy atom. The number of aryl methyl sites for hydroxylation is 1. The zero-order valence-corrected chi connectivity index (χ0v) is 16.4. The Labute approximate surface area is 171 Å². The molecule has 1 aromatic carbocycles. The monoisotopic (exact) mass is 411 g/mol. The van der Waals surface area contributed by atoms with E-state index < -0.39 is 5.91 Å². The van der Waals surface area contributed by atoms with Crippen LogP contribution in [-0.4, -0.2) is 54.7 Å². The van der Waals surface area contributed by atoms with Crippen molar-refractivity contribution < 1.29 is 19.1 Å². The number of nitrogens with one attached hydrogen (secondary N) is 3. The van der Waals surface area contributed by atoms with Crippen LogP contribution in [0.15, 0.2) is 29.1 Å². The molecule has 3 heterocycles. The Kier molecular flexibility index (Phi) is 5.48. The van der Waals surface area contributed by atoms with Crippen molar-refractivity contribution in [3.8, 4) is 5.75 Å². The molecular weight excluding hydrogens is 390 g/mol. The van der Waals surface area contributed by atoms with E-state index in [1.54, 1.807) is 25.1 Å². The number of H-pyrrole nitrogens is 1. The number of carbonyl (C=O) groups is 2. The smallest absolute Gasteiger partial charge is 0.262 e. The zero-order valence-electron chi connectivity index (χ0n) is 16.4. The molecule has 0 atom stereocenters. The molecule has 2 aliphatic heterocycles. The molecule has 0 radical (unpaired) electrons. The van der Waals surface area contributed by atoms with E-state index in [4.69, 9.17) is 9.47 Å². The minimum absolute atomic E-state index is 0.120. The van der Waals surface area contributed by atoms with E-state index in [-0.39, 0.29) is 18.1 Å². The molecule has 0 aliphatic carbocycles. The van der Waals surface area contributed by atoms with Crippen LogP contribution in [0.3, 0.4) is 0 Å². The summed E-state index contributed by atoms with van der Waals surface area (Å²) in [5.74, 6) is 0.190. The number of para-hydroxylation sites is 1. The van der Waals surface area contributed by atoms with Crippen LogP contribution in [0.2, 0.25) is 0 Å². The zero-order chi connectivity index (χ0) is 21.1. The maximum absolute atomic E-state index is 12.5. The highest BCUT2D eigenvalue weighted by atomic mass is 16.5. The SMILES string of the molecule is Cc1nc(N2CCOCC2)[nH]c(=O)c1/C=C/C(=O)Nc1cccc2c1OCC(=O)N2. The molecule has 2 aromatic rings. The molecule has 2 amide bonds. The van der Waals surface area contributed by atoms with Crippen LogP contribution in [0.25, 0.3) is 6.08 Å². The Hall–Kier alpha value is -3.66. The first kappa shape index (κ1) is 19.6. The number of aromatic amines is 1. The number of anilines is 3. The largest absolute Gasteiger partial charge is 0.479 e. The molecule has 156 valence electrons. The molecule has 0 bridgehead atoms. The van der Waals surface area contributed by atoms with Gasteiger partial charge < -0.3 is 25.0 Å². The number of ether oxygens (including phenoxy) is 2. The van der Waals surface area contributed by atoms with E-state index in [2.05, 4.69) is 20.6 Å². The van der Waals surface area contributed by atoms with Crippen LogP contribution in [0.5, 0.6) is 5.75 Å². The second-order valence-corrected chi connectivity index (χ2v) is 6.83. The number of hydrogen-bond donors (Lipinski definition) is 3. The molecule has 0 spiro atoms. The van der Waals surface area contributed by atoms with Gasteiger partial charge in [-0.1, -0.05) is 6.07 Å². The Balaban J connectivity index is 1.49. The van der Waals surface area contributed by atoms with Gasteiger partial charge in [0.05, 0.1) is 35.8 Å². The number of hydrogen-bond acceptors (Lipinski definition) is 7. The highest BCUT2D eigenvalue weighted by molar-refractivity contribution is 6.05. The summed E-state index contributed by atoms with van der Waals surface area (Å²) in [5, 5.41) is 5.38. The van der Waals surface area contributed by atoms with Crippen LogP contribution in [0.1, 0.15) is 11.3 Å². The van der Waals surface area contributed by atoms with Gasteiger partial charge >= 0.3 is 0 Å². The summed E-state index contributed by atoms with van der Waals surface area (Å²) in [4.78, 5) is 45.5. The van der Waals surface area contributed by atoms with E-state index in [0.29, 0.717) is 60.6 Å². The van der Waals surface area contributed by atoms with Crippen LogP contribution in [-0.2, 0) is 14.3 Å². The fourth-order valence-corrected chi connectivity index (χ4v) is 3.25. The Bertz CT molecular complexity index is 1070. The first-order chi connectivity index (χ1) is 14.5. The van der Waals surface area contributed by atoms with Crippen LogP contribution in [0, 0.1) is 6.92 Å². The summed E-state index contributed by atoms with van der Waals surface area (Å²) in [6, 6.07) is 5.04. The molecule has 3 N–H and O–H groups in total. The first-order valence-corrected chi connectivity index (χ1v) is 9.49. The topological polar surface area (TPSA) is 126 Å². The van der Waals surface area contributed by atoms with Gasteiger partial charge in [-0.25, -0.2) is 4.98 Å². The first-order valence-electron chi connectivity index (χ1n) is 9.49. The third-order valence-electron chi connectivity index (χ3n) is 4.74. The van der Waals surface area contributed by atoms with Gasteiger partial charge in [0.25, 0.3) is 11.5 Å². The van der Waals surface area contributed by atoms with Crippen LogP contribution in [0.4, 0.5) is 17.3 Å². The van der Waals surface area contributed by atoms with Crippen molar-refractivity contribution >= 4 is 35.2 Å². The van der Waals surface area contributed by atoms with E-state index in [0.717, 1.165) is 0 Å². The maximum Gasteiger partial charge on any atom is 0.262 e. The van der Waals surface area contributed by atoms with Gasteiger partial charge in [-0.15, -0.1) is 0 Å². The highest BCUT2D eigenvalue weighted by Crippen LogP contribution is 2.35. The summed E-state index contributed by atoms with van der Waals surface area (Å²) in [5.41, 5.74) is 1.42. The maximum atomic E-state index is 12.5. The van der Waals surface area contributed by atoms with Gasteiger partial charge in [-0.2, -0.15) is 0 Å². The molecule has 1 saturated heterocycles. The molecule has 0 unspecified atom stereocenters. The fraction of sp³-hybridized carbons (Fsp3) is 0.300. The average Bonchev–Trinajstić information content (AvgIpc) is 2.73. The Morgan fingerprint density at radius 2 is 2.07 bits per heavy atom. The molecule has 0 saturated carbocycles. The van der Waals surface area contributed by atoms with Crippen molar-refractivity contribution in [2.75, 3.05) is 48.4 Å². The van der Waals surface area contributed by atoms with Gasteiger partial charge in [0.2, 0.25) is 11.9 Å². The minimum Gasteiger partial charge on any atom is -0.479 e. The Morgan fingerprint density at radius 1 is 1.27 bits per heavy atom. The lowest BCUT2D eigenvalue weighted by atomic mass is 10.2. The van der Waals surface area contributed by atoms with Gasteiger partial charge in [-0.3, -0.25) is 19.4 Å². The number of amides is 2. The average molecular weight is 411 g/mol. The normalized spacial score (nSPS) is 16.0. The molecule has 30 heavy (non-hydrogen) atoms. The van der Waals surface area contributed by atoms with E-state index in [1.807, 2.05) is 4.90 Å². The minimum atomic E-state index is -0.444. The highest BCUT2D eigenvalue weighted by Gasteiger charge is 2.20. The summed E-state index contributed by atoms with van der Waals surface area (Å²) < 4.78 is 10.7. The summed E-state index contributed by atoms with van der Waals surface area (Å²) in [7, 11) is 0. The third-order valence-corrected chi connectivity index (χ3v) is 4.74. The molecular formula is C20H21N5O5. The molecule has 1 aromatic heterocycles. The number of benzene rings is 1. The number of rotatable bonds is 4. The summed E-state index contributed by atoms with van der Waals surface area (Å²) in [6.45, 7) is 4.09. The van der Waals surface area contributed by atoms with Crippen molar-refractivity contribution in [1.29, 1.82) is 0 Å². The number of nitrogens with zero attached hydrogens (tertiary/aromatic N) is 2. The van der Waals surface area contributed by atoms with Crippen molar-refractivity contribution in [3.63, 3.8) is 0 Å². The molecule has 10 heteroatoms.